The van der Waals surface area contributed by atoms with Gasteiger partial charge in [-0.25, -0.2) is 0 Å². The Morgan fingerprint density at radius 2 is 1.72 bits per heavy atom. The smallest absolute Gasteiger partial charge is 0.340 e. The Morgan fingerprint density at radius 1 is 1.00 bits per heavy atom. The van der Waals surface area contributed by atoms with Crippen molar-refractivity contribution in [3.63, 3.8) is 0 Å². The van der Waals surface area contributed by atoms with E-state index in [2.05, 4.69) is 15.6 Å². The minimum atomic E-state index is -1.66. The van der Waals surface area contributed by atoms with Gasteiger partial charge in [-0.3, -0.25) is 31.4 Å². The molecule has 6 aliphatic rings. The highest BCUT2D eigenvalue weighted by atomic mass is 16.7. The highest BCUT2D eigenvalue weighted by Gasteiger charge is 2.62. The normalized spacial score (nSPS) is 46.7. The second-order valence-corrected chi connectivity index (χ2v) is 16.1. The van der Waals surface area contributed by atoms with Crippen LogP contribution >= 0.6 is 0 Å². The fourth-order valence-corrected chi connectivity index (χ4v) is 10.9. The number of carbonyl (C=O) groups excluding carboxylic acids is 2. The fraction of sp³-hybridized carbons (Fsp3) is 0.914. The molecule has 50 heavy (non-hydrogen) atoms. The van der Waals surface area contributed by atoms with Crippen LogP contribution in [0, 0.1) is 46.8 Å². The van der Waals surface area contributed by atoms with Crippen molar-refractivity contribution < 1.29 is 59.6 Å². The van der Waals surface area contributed by atoms with Gasteiger partial charge in [-0.05, 0) is 49.9 Å². The van der Waals surface area contributed by atoms with Gasteiger partial charge in [-0.15, -0.1) is 0 Å². The number of rotatable bonds is 9. The number of methoxy groups -OCH3 is 1. The standard InChI is InChI=1S/C35H59N5O10/c1-38-34(37)40-14-21-16(12-35(7-3-4-8-35)17-5-6-24(36)39-13-17)9-19-26(28(21)43)30(45)25-20(27(19)42)10-18(48-2)11-22(25)49-33-32(47)31(46)29(44)23(15-41)50-33/h16-26,28-29,31-33,39,41,43-44,46-47H,3-15,36H2,1-2H3,(H3,37,38,40)/p+2. The molecule has 0 aromatic rings. The molecule has 15 heteroatoms. The summed E-state index contributed by atoms with van der Waals surface area (Å²) in [5, 5.41) is 58.9. The number of hydrogen-bond donors (Lipinski definition) is 10. The average Bonchev–Trinajstić information content (AvgIpc) is 3.59. The Labute approximate surface area is 293 Å². The summed E-state index contributed by atoms with van der Waals surface area (Å²) in [5.41, 5.74) is 12.5. The summed E-state index contributed by atoms with van der Waals surface area (Å²) in [6.45, 7) is 0.683. The maximum atomic E-state index is 14.7. The van der Waals surface area contributed by atoms with E-state index >= 15 is 0 Å². The SMILES string of the molecule is C[NH+]=C(N)NCC1C(CC2(C3CCC(N)[NH2+]C3)CCCC2)CC2C(=O)C3CC(OC)CC(OC4OC(CO)C(O)C(O)C4O)C3C(=O)C2C1O. The molecule has 16 unspecified atom stereocenters. The van der Waals surface area contributed by atoms with Gasteiger partial charge >= 0.3 is 5.96 Å². The van der Waals surface area contributed by atoms with Crippen LogP contribution in [0.25, 0.3) is 0 Å². The number of fused-ring (bicyclic) bond motifs is 2. The molecule has 0 aromatic heterocycles. The number of nitrogens with two attached hydrogens (primary N) is 3. The van der Waals surface area contributed by atoms with E-state index in [0.717, 1.165) is 51.5 Å². The number of ether oxygens (including phenoxy) is 3. The molecule has 0 aromatic carbocycles. The zero-order chi connectivity index (χ0) is 35.9. The lowest BCUT2D eigenvalue weighted by Gasteiger charge is -2.54. The van der Waals surface area contributed by atoms with Crippen molar-refractivity contribution >= 4 is 17.5 Å². The van der Waals surface area contributed by atoms with Crippen molar-refractivity contribution in [1.82, 2.24) is 5.32 Å². The Morgan fingerprint density at radius 3 is 2.36 bits per heavy atom. The molecule has 6 fully saturated rings. The van der Waals surface area contributed by atoms with E-state index in [1.54, 1.807) is 7.05 Å². The first-order chi connectivity index (χ1) is 23.9. The third kappa shape index (κ3) is 7.12. The van der Waals surface area contributed by atoms with Gasteiger partial charge < -0.3 is 45.1 Å². The molecule has 0 spiro atoms. The number of aliphatic hydroxyl groups is 5. The lowest BCUT2D eigenvalue weighted by Crippen LogP contribution is -2.95. The largest absolute Gasteiger partial charge is 0.394 e. The molecule has 16 atom stereocenters. The van der Waals surface area contributed by atoms with E-state index in [-0.39, 0.29) is 41.4 Å². The van der Waals surface area contributed by atoms with Crippen molar-refractivity contribution in [3.05, 3.63) is 0 Å². The van der Waals surface area contributed by atoms with Crippen molar-refractivity contribution in [2.24, 2.45) is 58.3 Å². The molecule has 13 N–H and O–H groups in total. The summed E-state index contributed by atoms with van der Waals surface area (Å²) >= 11 is 0. The molecular formula is C35H61N5O10+2. The molecule has 0 bridgehead atoms. The van der Waals surface area contributed by atoms with Crippen LogP contribution in [0.5, 0.6) is 0 Å². The highest BCUT2D eigenvalue weighted by molar-refractivity contribution is 6.00. The molecule has 2 heterocycles. The number of piperidine rings is 1. The fourth-order valence-electron chi connectivity index (χ4n) is 10.9. The van der Waals surface area contributed by atoms with Crippen molar-refractivity contribution in [2.75, 3.05) is 33.9 Å². The summed E-state index contributed by atoms with van der Waals surface area (Å²) < 4.78 is 17.6. The highest BCUT2D eigenvalue weighted by Crippen LogP contribution is 2.56. The van der Waals surface area contributed by atoms with E-state index in [4.69, 9.17) is 25.7 Å². The second-order valence-electron chi connectivity index (χ2n) is 16.1. The molecule has 0 amide bonds. The predicted octanol–water partition coefficient (Wildman–Crippen LogP) is -4.58. The van der Waals surface area contributed by atoms with Crippen LogP contribution in [0.15, 0.2) is 0 Å². The summed E-state index contributed by atoms with van der Waals surface area (Å²) in [5.74, 6) is -3.07. The van der Waals surface area contributed by atoms with Gasteiger partial charge in [0.15, 0.2) is 6.29 Å². The van der Waals surface area contributed by atoms with E-state index in [0.29, 0.717) is 31.3 Å². The Hall–Kier alpha value is -1.79. The summed E-state index contributed by atoms with van der Waals surface area (Å²) in [6.07, 6.45) is -1.44. The quantitative estimate of drug-likeness (QED) is 0.0799. The number of hydrogen-bond acceptors (Lipinski definition) is 11. The minimum absolute atomic E-state index is 0.0200. The van der Waals surface area contributed by atoms with Gasteiger partial charge in [0.05, 0.1) is 56.9 Å². The van der Waals surface area contributed by atoms with Crippen molar-refractivity contribution in [1.29, 1.82) is 0 Å². The van der Waals surface area contributed by atoms with Gasteiger partial charge in [0, 0.05) is 43.6 Å². The van der Waals surface area contributed by atoms with Crippen molar-refractivity contribution in [3.8, 4) is 0 Å². The third-order valence-corrected chi connectivity index (χ3v) is 13.6. The molecule has 284 valence electrons. The zero-order valence-corrected chi connectivity index (χ0v) is 29.4. The second kappa shape index (κ2) is 15.7. The first-order valence-electron chi connectivity index (χ1n) is 18.8. The summed E-state index contributed by atoms with van der Waals surface area (Å²) in [6, 6.07) is 0. The topological polar surface area (TPSA) is 258 Å². The maximum Gasteiger partial charge on any atom is 0.340 e. The number of quaternary nitrogens is 1. The van der Waals surface area contributed by atoms with Crippen LogP contribution in [-0.4, -0.2) is 132 Å². The van der Waals surface area contributed by atoms with Crippen LogP contribution in [-0.2, 0) is 23.8 Å². The zero-order valence-electron chi connectivity index (χ0n) is 29.4. The first kappa shape index (κ1) is 38.0. The van der Waals surface area contributed by atoms with Gasteiger partial charge in [-0.2, -0.15) is 0 Å². The number of nitrogens with one attached hydrogen (secondary N) is 2. The third-order valence-electron chi connectivity index (χ3n) is 13.6. The predicted molar refractivity (Wildman–Crippen MR) is 177 cm³/mol. The first-order valence-corrected chi connectivity index (χ1v) is 18.8. The average molecular weight is 712 g/mol. The molecule has 0 radical (unpaired) electrons. The Kier molecular flexibility index (Phi) is 11.9. The number of guanidine groups is 1. The van der Waals surface area contributed by atoms with Crippen LogP contribution in [0.3, 0.4) is 0 Å². The van der Waals surface area contributed by atoms with E-state index in [1.807, 2.05) is 0 Å². The molecular weight excluding hydrogens is 650 g/mol. The number of aliphatic hydroxyl groups excluding tert-OH is 5. The van der Waals surface area contributed by atoms with Gasteiger partial charge in [-0.1, -0.05) is 12.8 Å². The molecule has 4 saturated carbocycles. The Bertz CT molecular complexity index is 1230. The number of carbonyl (C=O) groups is 2. The molecule has 2 saturated heterocycles. The van der Waals surface area contributed by atoms with E-state index < -0.39 is 79.3 Å². The maximum absolute atomic E-state index is 14.7. The molecule has 2 aliphatic heterocycles. The van der Waals surface area contributed by atoms with E-state index in [1.165, 1.54) is 7.11 Å². The van der Waals surface area contributed by atoms with Crippen LogP contribution in [0.1, 0.15) is 64.2 Å². The Balaban J connectivity index is 1.29. The van der Waals surface area contributed by atoms with E-state index in [9.17, 15) is 35.1 Å². The van der Waals surface area contributed by atoms with Gasteiger partial charge in [0.25, 0.3) is 0 Å². The van der Waals surface area contributed by atoms with Crippen LogP contribution in [0.4, 0.5) is 0 Å². The summed E-state index contributed by atoms with van der Waals surface area (Å²) in [4.78, 5) is 32.2. The van der Waals surface area contributed by atoms with Gasteiger partial charge in [0.2, 0.25) is 0 Å². The van der Waals surface area contributed by atoms with Crippen LogP contribution in [0.2, 0.25) is 0 Å². The van der Waals surface area contributed by atoms with Crippen LogP contribution < -0.4 is 27.1 Å². The minimum Gasteiger partial charge on any atom is -0.394 e. The lowest BCUT2D eigenvalue weighted by atomic mass is 9.51. The lowest BCUT2D eigenvalue weighted by molar-refractivity contribution is -0.705. The number of ketones is 2. The van der Waals surface area contributed by atoms with Gasteiger partial charge in [0.1, 0.15) is 42.1 Å². The monoisotopic (exact) mass is 711 g/mol. The van der Waals surface area contributed by atoms with Crippen molar-refractivity contribution in [2.45, 2.75) is 119 Å². The summed E-state index contributed by atoms with van der Waals surface area (Å²) in [7, 11) is 3.25. The number of Topliss-reactive ketones (excluding diaryl/α,β-unsaturated/α-hetero) is 2. The molecule has 6 rings (SSSR count). The molecule has 15 nitrogen and oxygen atoms in total. The molecule has 4 aliphatic carbocycles.